The topological polar surface area (TPSA) is 49.3 Å². The molecule has 2 fully saturated rings. The van der Waals surface area contributed by atoms with Crippen molar-refractivity contribution in [3.05, 3.63) is 30.3 Å². The van der Waals surface area contributed by atoms with Crippen LogP contribution in [0, 0.1) is 11.7 Å². The van der Waals surface area contributed by atoms with E-state index in [4.69, 9.17) is 0 Å². The van der Waals surface area contributed by atoms with E-state index < -0.39 is 0 Å². The maximum atomic E-state index is 14.3. The summed E-state index contributed by atoms with van der Waals surface area (Å²) in [5, 5.41) is 0.497. The molecule has 0 saturated carbocycles. The Balaban J connectivity index is 1.43. The standard InChI is InChI=1S/C19H23FN4O/c20-15-4-3-5-16-18(15)19(22-13-21-16)24-10-6-14(7-11-24)12-17(25)23-8-1-2-9-23/h3-5,13-14H,1-2,6-12H2. The Kier molecular flexibility index (Phi) is 4.51. The summed E-state index contributed by atoms with van der Waals surface area (Å²) in [5.74, 6) is 1.11. The number of carbonyl (C=O) groups excluding carboxylic acids is 1. The van der Waals surface area contributed by atoms with E-state index in [2.05, 4.69) is 14.9 Å². The fourth-order valence-electron chi connectivity index (χ4n) is 3.98. The molecule has 0 bridgehead atoms. The van der Waals surface area contributed by atoms with Gasteiger partial charge in [-0.05, 0) is 43.7 Å². The van der Waals surface area contributed by atoms with Crippen molar-refractivity contribution in [2.24, 2.45) is 5.92 Å². The first kappa shape index (κ1) is 16.2. The Hall–Kier alpha value is -2.24. The summed E-state index contributed by atoms with van der Waals surface area (Å²) in [6.07, 6.45) is 6.30. The van der Waals surface area contributed by atoms with Gasteiger partial charge in [0.2, 0.25) is 5.91 Å². The molecular formula is C19H23FN4O. The van der Waals surface area contributed by atoms with E-state index in [1.807, 2.05) is 11.0 Å². The molecule has 0 radical (unpaired) electrons. The first-order valence-corrected chi connectivity index (χ1v) is 9.14. The average Bonchev–Trinajstić information content (AvgIpc) is 3.17. The van der Waals surface area contributed by atoms with Crippen LogP contribution in [0.1, 0.15) is 32.1 Å². The Morgan fingerprint density at radius 2 is 1.88 bits per heavy atom. The van der Waals surface area contributed by atoms with E-state index in [0.29, 0.717) is 35.0 Å². The number of likely N-dealkylation sites (tertiary alicyclic amines) is 1. The van der Waals surface area contributed by atoms with Gasteiger partial charge in [-0.2, -0.15) is 0 Å². The van der Waals surface area contributed by atoms with Gasteiger partial charge in [-0.25, -0.2) is 14.4 Å². The fourth-order valence-corrected chi connectivity index (χ4v) is 3.98. The van der Waals surface area contributed by atoms with Gasteiger partial charge in [0.15, 0.2) is 0 Å². The van der Waals surface area contributed by atoms with Gasteiger partial charge < -0.3 is 9.80 Å². The summed E-state index contributed by atoms with van der Waals surface area (Å²) in [4.78, 5) is 25.0. The van der Waals surface area contributed by atoms with E-state index in [1.54, 1.807) is 6.07 Å². The second-order valence-electron chi connectivity index (χ2n) is 7.05. The third-order valence-corrected chi connectivity index (χ3v) is 5.43. The quantitative estimate of drug-likeness (QED) is 0.860. The van der Waals surface area contributed by atoms with E-state index >= 15 is 0 Å². The Bertz CT molecular complexity index is 762. The van der Waals surface area contributed by atoms with Crippen molar-refractivity contribution in [2.45, 2.75) is 32.1 Å². The zero-order valence-electron chi connectivity index (χ0n) is 14.3. The number of anilines is 1. The van der Waals surface area contributed by atoms with Crippen LogP contribution in [0.25, 0.3) is 10.9 Å². The Morgan fingerprint density at radius 3 is 2.64 bits per heavy atom. The van der Waals surface area contributed by atoms with Crippen molar-refractivity contribution in [3.63, 3.8) is 0 Å². The number of piperidine rings is 1. The zero-order chi connectivity index (χ0) is 17.2. The maximum Gasteiger partial charge on any atom is 0.222 e. The van der Waals surface area contributed by atoms with Gasteiger partial charge in [-0.1, -0.05) is 6.07 Å². The van der Waals surface area contributed by atoms with Crippen molar-refractivity contribution < 1.29 is 9.18 Å². The zero-order valence-corrected chi connectivity index (χ0v) is 14.3. The Labute approximate surface area is 146 Å². The molecule has 0 aliphatic carbocycles. The van der Waals surface area contributed by atoms with Crippen LogP contribution in [0.15, 0.2) is 24.5 Å². The first-order valence-electron chi connectivity index (χ1n) is 9.14. The van der Waals surface area contributed by atoms with Crippen molar-refractivity contribution >= 4 is 22.6 Å². The molecule has 0 N–H and O–H groups in total. The van der Waals surface area contributed by atoms with Crippen LogP contribution in [0.3, 0.4) is 0 Å². The molecule has 5 nitrogen and oxygen atoms in total. The van der Waals surface area contributed by atoms with Crippen LogP contribution < -0.4 is 4.90 Å². The van der Waals surface area contributed by atoms with Gasteiger partial charge in [0, 0.05) is 32.6 Å². The van der Waals surface area contributed by atoms with Gasteiger partial charge in [-0.15, -0.1) is 0 Å². The minimum Gasteiger partial charge on any atom is -0.356 e. The van der Waals surface area contributed by atoms with Crippen molar-refractivity contribution in [1.82, 2.24) is 14.9 Å². The molecule has 1 aromatic heterocycles. The van der Waals surface area contributed by atoms with E-state index in [9.17, 15) is 9.18 Å². The average molecular weight is 342 g/mol. The smallest absolute Gasteiger partial charge is 0.222 e. The normalized spacial score (nSPS) is 18.9. The summed E-state index contributed by atoms with van der Waals surface area (Å²) in [5.41, 5.74) is 0.635. The lowest BCUT2D eigenvalue weighted by Gasteiger charge is -2.33. The summed E-state index contributed by atoms with van der Waals surface area (Å²) in [6, 6.07) is 4.94. The molecule has 6 heteroatoms. The van der Waals surface area contributed by atoms with Gasteiger partial charge in [-0.3, -0.25) is 4.79 Å². The number of fused-ring (bicyclic) bond motifs is 1. The van der Waals surface area contributed by atoms with Crippen LogP contribution in [0.4, 0.5) is 10.2 Å². The van der Waals surface area contributed by atoms with E-state index in [1.165, 1.54) is 12.4 Å². The monoisotopic (exact) mass is 342 g/mol. The third kappa shape index (κ3) is 3.30. The fraction of sp³-hybridized carbons (Fsp3) is 0.526. The molecule has 4 rings (SSSR count). The van der Waals surface area contributed by atoms with Crippen LogP contribution in [-0.2, 0) is 4.79 Å². The van der Waals surface area contributed by atoms with Crippen molar-refractivity contribution in [1.29, 1.82) is 0 Å². The minimum atomic E-state index is -0.278. The molecule has 132 valence electrons. The molecule has 3 heterocycles. The van der Waals surface area contributed by atoms with Crippen LogP contribution in [0.5, 0.6) is 0 Å². The second kappa shape index (κ2) is 6.94. The van der Waals surface area contributed by atoms with Gasteiger partial charge >= 0.3 is 0 Å². The summed E-state index contributed by atoms with van der Waals surface area (Å²) >= 11 is 0. The molecule has 0 atom stereocenters. The lowest BCUT2D eigenvalue weighted by atomic mass is 9.93. The molecule has 1 amide bonds. The molecule has 0 unspecified atom stereocenters. The number of halogens is 1. The van der Waals surface area contributed by atoms with E-state index in [0.717, 1.165) is 51.9 Å². The van der Waals surface area contributed by atoms with Gasteiger partial charge in [0.25, 0.3) is 0 Å². The Morgan fingerprint density at radius 1 is 1.12 bits per heavy atom. The number of benzene rings is 1. The number of rotatable bonds is 3. The minimum absolute atomic E-state index is 0.278. The van der Waals surface area contributed by atoms with Crippen LogP contribution in [-0.4, -0.2) is 47.0 Å². The number of nitrogens with zero attached hydrogens (tertiary/aromatic N) is 4. The third-order valence-electron chi connectivity index (χ3n) is 5.43. The maximum absolute atomic E-state index is 14.3. The second-order valence-corrected chi connectivity index (χ2v) is 7.05. The number of hydrogen-bond acceptors (Lipinski definition) is 4. The van der Waals surface area contributed by atoms with Gasteiger partial charge in [0.1, 0.15) is 18.0 Å². The molecule has 2 aliphatic heterocycles. The predicted octanol–water partition coefficient (Wildman–Crippen LogP) is 3.00. The number of aromatic nitrogens is 2. The van der Waals surface area contributed by atoms with Crippen LogP contribution >= 0.6 is 0 Å². The molecule has 2 saturated heterocycles. The molecule has 2 aromatic rings. The highest BCUT2D eigenvalue weighted by Crippen LogP contribution is 2.30. The van der Waals surface area contributed by atoms with Gasteiger partial charge in [0.05, 0.1) is 10.9 Å². The highest BCUT2D eigenvalue weighted by atomic mass is 19.1. The lowest BCUT2D eigenvalue weighted by molar-refractivity contribution is -0.131. The highest BCUT2D eigenvalue weighted by Gasteiger charge is 2.26. The highest BCUT2D eigenvalue weighted by molar-refractivity contribution is 5.89. The SMILES string of the molecule is O=C(CC1CCN(c2ncnc3cccc(F)c23)CC1)N1CCCC1. The molecule has 0 spiro atoms. The number of hydrogen-bond donors (Lipinski definition) is 0. The molecule has 25 heavy (non-hydrogen) atoms. The number of amides is 1. The van der Waals surface area contributed by atoms with Crippen LogP contribution in [0.2, 0.25) is 0 Å². The molecular weight excluding hydrogens is 319 g/mol. The molecule has 1 aromatic carbocycles. The summed E-state index contributed by atoms with van der Waals surface area (Å²) in [7, 11) is 0. The van der Waals surface area contributed by atoms with E-state index in [-0.39, 0.29) is 5.82 Å². The summed E-state index contributed by atoms with van der Waals surface area (Å²) < 4.78 is 14.3. The predicted molar refractivity (Wildman–Crippen MR) is 94.9 cm³/mol. The largest absolute Gasteiger partial charge is 0.356 e. The summed E-state index contributed by atoms with van der Waals surface area (Å²) in [6.45, 7) is 3.45. The molecule has 2 aliphatic rings. The lowest BCUT2D eigenvalue weighted by Crippen LogP contribution is -2.37. The van der Waals surface area contributed by atoms with Crippen molar-refractivity contribution in [2.75, 3.05) is 31.1 Å². The van der Waals surface area contributed by atoms with Crippen molar-refractivity contribution in [3.8, 4) is 0 Å². The number of carbonyl (C=O) groups is 1. The first-order chi connectivity index (χ1) is 12.2.